The summed E-state index contributed by atoms with van der Waals surface area (Å²) in [6, 6.07) is 20.6. The molecule has 9 nitrogen and oxygen atoms in total. The number of aromatic nitrogens is 3. The summed E-state index contributed by atoms with van der Waals surface area (Å²) in [7, 11) is 1.32. The van der Waals surface area contributed by atoms with Crippen molar-refractivity contribution in [2.75, 3.05) is 38.6 Å². The van der Waals surface area contributed by atoms with Gasteiger partial charge in [0.2, 0.25) is 0 Å². The Kier molecular flexibility index (Phi) is 6.40. The van der Waals surface area contributed by atoms with Crippen LogP contribution in [0.3, 0.4) is 0 Å². The van der Waals surface area contributed by atoms with Gasteiger partial charge in [-0.15, -0.1) is 0 Å². The zero-order chi connectivity index (χ0) is 24.2. The second-order valence-electron chi connectivity index (χ2n) is 8.28. The monoisotopic (exact) mass is 470 g/mol. The number of pyridine rings is 1. The van der Waals surface area contributed by atoms with Gasteiger partial charge in [0.05, 0.1) is 24.9 Å². The standard InChI is InChI=1S/C26H26N6O3/c1-35-25(33)20-10-5-6-11-21(20)29-26(34)31-16-14-30(15-17-31)18-23-28-22-12-7-13-27-24(22)32(23)19-8-3-2-4-9-19/h2-13H,14-18H2,1H3,(H,29,34). The molecule has 9 heteroatoms. The number of carbonyl (C=O) groups excluding carboxylic acids is 2. The quantitative estimate of drug-likeness (QED) is 0.449. The summed E-state index contributed by atoms with van der Waals surface area (Å²) in [6.07, 6.45) is 1.78. The molecule has 3 heterocycles. The average molecular weight is 471 g/mol. The van der Waals surface area contributed by atoms with Crippen LogP contribution in [0.15, 0.2) is 72.9 Å². The molecule has 2 amide bonds. The second kappa shape index (κ2) is 9.94. The van der Waals surface area contributed by atoms with E-state index < -0.39 is 5.97 Å². The van der Waals surface area contributed by atoms with Crippen LogP contribution in [0.5, 0.6) is 0 Å². The molecule has 0 aliphatic carbocycles. The van der Waals surface area contributed by atoms with E-state index in [2.05, 4.69) is 19.8 Å². The van der Waals surface area contributed by atoms with Gasteiger partial charge >= 0.3 is 12.0 Å². The number of piperazine rings is 1. The second-order valence-corrected chi connectivity index (χ2v) is 8.28. The Hall–Kier alpha value is -4.24. The zero-order valence-electron chi connectivity index (χ0n) is 19.4. The molecular weight excluding hydrogens is 444 g/mol. The number of imidazole rings is 1. The lowest BCUT2D eigenvalue weighted by Gasteiger charge is -2.34. The van der Waals surface area contributed by atoms with E-state index in [9.17, 15) is 9.59 Å². The molecule has 1 aliphatic rings. The lowest BCUT2D eigenvalue weighted by Crippen LogP contribution is -2.49. The number of ether oxygens (including phenoxy) is 1. The van der Waals surface area contributed by atoms with Crippen molar-refractivity contribution in [2.24, 2.45) is 0 Å². The van der Waals surface area contributed by atoms with Crippen molar-refractivity contribution < 1.29 is 14.3 Å². The van der Waals surface area contributed by atoms with Crippen molar-refractivity contribution in [3.05, 3.63) is 84.3 Å². The van der Waals surface area contributed by atoms with Crippen LogP contribution in [-0.4, -0.2) is 69.6 Å². The first-order chi connectivity index (χ1) is 17.1. The van der Waals surface area contributed by atoms with Crippen LogP contribution >= 0.6 is 0 Å². The molecule has 0 radical (unpaired) electrons. The van der Waals surface area contributed by atoms with Gasteiger partial charge in [0.1, 0.15) is 11.3 Å². The highest BCUT2D eigenvalue weighted by atomic mass is 16.5. The Morgan fingerprint density at radius 2 is 1.69 bits per heavy atom. The number of benzene rings is 2. The van der Waals surface area contributed by atoms with Gasteiger partial charge in [0.15, 0.2) is 5.65 Å². The molecule has 1 saturated heterocycles. The van der Waals surface area contributed by atoms with Crippen molar-refractivity contribution in [1.82, 2.24) is 24.3 Å². The van der Waals surface area contributed by atoms with E-state index in [1.807, 2.05) is 42.5 Å². The third-order valence-electron chi connectivity index (χ3n) is 6.10. The number of rotatable bonds is 5. The van der Waals surface area contributed by atoms with Gasteiger partial charge in [-0.05, 0) is 36.4 Å². The van der Waals surface area contributed by atoms with Crippen molar-refractivity contribution >= 4 is 28.9 Å². The summed E-state index contributed by atoms with van der Waals surface area (Å²) in [5.74, 6) is 0.427. The van der Waals surface area contributed by atoms with Gasteiger partial charge < -0.3 is 15.0 Å². The number of para-hydroxylation sites is 2. The smallest absolute Gasteiger partial charge is 0.339 e. The molecule has 0 bridgehead atoms. The number of amides is 2. The summed E-state index contributed by atoms with van der Waals surface area (Å²) in [5, 5.41) is 2.85. The number of fused-ring (bicyclic) bond motifs is 1. The first kappa shape index (κ1) is 22.5. The molecule has 0 unspecified atom stereocenters. The van der Waals surface area contributed by atoms with Gasteiger partial charge in [-0.3, -0.25) is 9.47 Å². The van der Waals surface area contributed by atoms with E-state index >= 15 is 0 Å². The first-order valence-electron chi connectivity index (χ1n) is 11.5. The molecule has 0 atom stereocenters. The van der Waals surface area contributed by atoms with Crippen LogP contribution in [0.4, 0.5) is 10.5 Å². The van der Waals surface area contributed by atoms with Gasteiger partial charge in [-0.2, -0.15) is 0 Å². The number of nitrogens with one attached hydrogen (secondary N) is 1. The maximum Gasteiger partial charge on any atom is 0.339 e. The Labute approximate surface area is 203 Å². The number of esters is 1. The molecule has 2 aromatic heterocycles. The maximum atomic E-state index is 12.9. The Balaban J connectivity index is 1.27. The predicted octanol–water partition coefficient (Wildman–Crippen LogP) is 3.56. The molecule has 0 spiro atoms. The summed E-state index contributed by atoms with van der Waals surface area (Å²) < 4.78 is 6.91. The molecule has 2 aromatic carbocycles. The van der Waals surface area contributed by atoms with E-state index in [1.54, 1.807) is 35.4 Å². The Bertz CT molecular complexity index is 1350. The molecule has 35 heavy (non-hydrogen) atoms. The largest absolute Gasteiger partial charge is 0.465 e. The van der Waals surface area contributed by atoms with Crippen molar-refractivity contribution in [2.45, 2.75) is 6.54 Å². The zero-order valence-corrected chi connectivity index (χ0v) is 19.4. The molecule has 0 saturated carbocycles. The number of hydrogen-bond donors (Lipinski definition) is 1. The molecule has 178 valence electrons. The van der Waals surface area contributed by atoms with Gasteiger partial charge in [-0.1, -0.05) is 30.3 Å². The summed E-state index contributed by atoms with van der Waals surface area (Å²) in [5.41, 5.74) is 3.47. The third-order valence-corrected chi connectivity index (χ3v) is 6.10. The SMILES string of the molecule is COC(=O)c1ccccc1NC(=O)N1CCN(Cc2nc3cccnc3n2-c2ccccc2)CC1. The highest BCUT2D eigenvalue weighted by Crippen LogP contribution is 2.22. The topological polar surface area (TPSA) is 92.6 Å². The predicted molar refractivity (Wildman–Crippen MR) is 133 cm³/mol. The number of carbonyl (C=O) groups is 2. The van der Waals surface area contributed by atoms with E-state index in [0.717, 1.165) is 22.7 Å². The molecule has 1 aliphatic heterocycles. The highest BCUT2D eigenvalue weighted by Gasteiger charge is 2.24. The number of urea groups is 1. The average Bonchev–Trinajstić information content (AvgIpc) is 3.27. The Morgan fingerprint density at radius 3 is 2.46 bits per heavy atom. The van der Waals surface area contributed by atoms with Crippen molar-refractivity contribution in [3.8, 4) is 5.69 Å². The van der Waals surface area contributed by atoms with E-state index in [4.69, 9.17) is 9.72 Å². The lowest BCUT2D eigenvalue weighted by molar-refractivity contribution is 0.0602. The van der Waals surface area contributed by atoms with Gasteiger partial charge in [0.25, 0.3) is 0 Å². The fraction of sp³-hybridized carbons (Fsp3) is 0.231. The lowest BCUT2D eigenvalue weighted by atomic mass is 10.2. The van der Waals surface area contributed by atoms with E-state index in [0.29, 0.717) is 44.0 Å². The molecule has 5 rings (SSSR count). The van der Waals surface area contributed by atoms with E-state index in [-0.39, 0.29) is 6.03 Å². The van der Waals surface area contributed by atoms with Crippen LogP contribution in [-0.2, 0) is 11.3 Å². The van der Waals surface area contributed by atoms with Crippen LogP contribution in [0, 0.1) is 0 Å². The number of nitrogens with zero attached hydrogens (tertiary/aromatic N) is 5. The third kappa shape index (κ3) is 4.71. The first-order valence-corrected chi connectivity index (χ1v) is 11.5. The molecular formula is C26H26N6O3. The fourth-order valence-corrected chi connectivity index (χ4v) is 4.30. The summed E-state index contributed by atoms with van der Waals surface area (Å²) in [6.45, 7) is 3.19. The van der Waals surface area contributed by atoms with Gasteiger partial charge in [-0.25, -0.2) is 19.6 Å². The summed E-state index contributed by atoms with van der Waals surface area (Å²) in [4.78, 5) is 38.3. The van der Waals surface area contributed by atoms with Crippen LogP contribution in [0.25, 0.3) is 16.9 Å². The van der Waals surface area contributed by atoms with Crippen LogP contribution in [0.1, 0.15) is 16.2 Å². The Morgan fingerprint density at radius 1 is 0.943 bits per heavy atom. The van der Waals surface area contributed by atoms with Crippen LogP contribution < -0.4 is 5.32 Å². The number of hydrogen-bond acceptors (Lipinski definition) is 6. The van der Waals surface area contributed by atoms with Crippen LogP contribution in [0.2, 0.25) is 0 Å². The molecule has 4 aromatic rings. The number of anilines is 1. The normalized spacial score (nSPS) is 14.1. The summed E-state index contributed by atoms with van der Waals surface area (Å²) >= 11 is 0. The highest BCUT2D eigenvalue weighted by molar-refractivity contribution is 6.00. The minimum absolute atomic E-state index is 0.235. The maximum absolute atomic E-state index is 12.9. The van der Waals surface area contributed by atoms with Gasteiger partial charge in [0, 0.05) is 38.1 Å². The minimum Gasteiger partial charge on any atom is -0.465 e. The minimum atomic E-state index is -0.485. The fourth-order valence-electron chi connectivity index (χ4n) is 4.30. The molecule has 1 fully saturated rings. The number of methoxy groups -OCH3 is 1. The van der Waals surface area contributed by atoms with E-state index in [1.165, 1.54) is 7.11 Å². The van der Waals surface area contributed by atoms with Crippen molar-refractivity contribution in [1.29, 1.82) is 0 Å². The molecule has 1 N–H and O–H groups in total. The van der Waals surface area contributed by atoms with Crippen molar-refractivity contribution in [3.63, 3.8) is 0 Å².